The minimum absolute atomic E-state index is 0. The molecule has 1 N–H and O–H groups in total. The molecule has 0 aromatic rings. The molecule has 2 heterocycles. The zero-order chi connectivity index (χ0) is 10.8. The van der Waals surface area contributed by atoms with Crippen LogP contribution in [0.4, 0.5) is 0 Å². The molecule has 2 fully saturated rings. The average molecular weight is 265 g/mol. The van der Waals surface area contributed by atoms with Crippen LogP contribution in [-0.2, 0) is 4.79 Å². The first-order valence-electron chi connectivity index (χ1n) is 5.83. The number of piperazine rings is 1. The van der Waals surface area contributed by atoms with Gasteiger partial charge in [-0.15, -0.1) is 24.2 Å². The Balaban J connectivity index is 0.00000128. The molecule has 2 saturated heterocycles. The monoisotopic (exact) mass is 264 g/mol. The highest BCUT2D eigenvalue weighted by atomic mass is 35.5. The first-order valence-corrected chi connectivity index (χ1v) is 6.88. The summed E-state index contributed by atoms with van der Waals surface area (Å²) in [7, 11) is 0. The van der Waals surface area contributed by atoms with Crippen LogP contribution in [0, 0.1) is 0 Å². The highest BCUT2D eigenvalue weighted by Crippen LogP contribution is 2.28. The van der Waals surface area contributed by atoms with Crippen molar-refractivity contribution in [2.45, 2.75) is 44.0 Å². The van der Waals surface area contributed by atoms with Crippen molar-refractivity contribution in [3.05, 3.63) is 0 Å². The quantitative estimate of drug-likeness (QED) is 0.779. The molecule has 0 saturated carbocycles. The van der Waals surface area contributed by atoms with Crippen molar-refractivity contribution >= 4 is 30.1 Å². The molecule has 94 valence electrons. The first kappa shape index (κ1) is 14.1. The average Bonchev–Trinajstić information content (AvgIpc) is 2.67. The Kier molecular flexibility index (Phi) is 5.41. The van der Waals surface area contributed by atoms with Crippen LogP contribution < -0.4 is 5.32 Å². The van der Waals surface area contributed by atoms with Gasteiger partial charge in [0, 0.05) is 25.2 Å². The molecule has 0 bridgehead atoms. The van der Waals surface area contributed by atoms with E-state index in [1.807, 2.05) is 11.8 Å². The Morgan fingerprint density at radius 2 is 1.94 bits per heavy atom. The van der Waals surface area contributed by atoms with Gasteiger partial charge in [-0.2, -0.15) is 0 Å². The molecule has 0 aromatic heterocycles. The number of carbonyl (C=O) groups is 1. The van der Waals surface area contributed by atoms with Gasteiger partial charge >= 0.3 is 0 Å². The van der Waals surface area contributed by atoms with Crippen LogP contribution in [0.25, 0.3) is 0 Å². The van der Waals surface area contributed by atoms with Gasteiger partial charge in [0.05, 0.1) is 5.25 Å². The highest BCUT2D eigenvalue weighted by molar-refractivity contribution is 8.00. The minimum Gasteiger partial charge on any atom is -0.339 e. The van der Waals surface area contributed by atoms with Gasteiger partial charge in [-0.3, -0.25) is 4.79 Å². The molecule has 5 heteroatoms. The molecule has 3 atom stereocenters. The summed E-state index contributed by atoms with van der Waals surface area (Å²) < 4.78 is 0. The van der Waals surface area contributed by atoms with Crippen molar-refractivity contribution in [2.75, 3.05) is 18.8 Å². The van der Waals surface area contributed by atoms with Crippen LogP contribution >= 0.6 is 24.2 Å². The number of rotatable bonds is 1. The number of nitrogens with zero attached hydrogens (tertiary/aromatic N) is 1. The fourth-order valence-electron chi connectivity index (χ4n) is 2.48. The third-order valence-corrected chi connectivity index (χ3v) is 4.44. The summed E-state index contributed by atoms with van der Waals surface area (Å²) in [5.74, 6) is 1.53. The van der Waals surface area contributed by atoms with E-state index < -0.39 is 0 Å². The highest BCUT2D eigenvalue weighted by Gasteiger charge is 2.31. The van der Waals surface area contributed by atoms with Crippen molar-refractivity contribution in [3.63, 3.8) is 0 Å². The van der Waals surface area contributed by atoms with Gasteiger partial charge in [0.25, 0.3) is 0 Å². The number of hydrogen-bond acceptors (Lipinski definition) is 3. The van der Waals surface area contributed by atoms with Crippen LogP contribution in [-0.4, -0.2) is 47.0 Å². The first-order chi connectivity index (χ1) is 7.16. The maximum atomic E-state index is 12.2. The molecule has 2 aliphatic rings. The lowest BCUT2D eigenvalue weighted by Crippen LogP contribution is -2.57. The Morgan fingerprint density at radius 3 is 2.44 bits per heavy atom. The van der Waals surface area contributed by atoms with Gasteiger partial charge < -0.3 is 10.2 Å². The summed E-state index contributed by atoms with van der Waals surface area (Å²) in [5, 5.41) is 3.71. The van der Waals surface area contributed by atoms with E-state index in [1.165, 1.54) is 6.42 Å². The molecular formula is C11H21ClN2OS. The second kappa shape index (κ2) is 6.12. The Morgan fingerprint density at radius 1 is 1.31 bits per heavy atom. The third kappa shape index (κ3) is 3.28. The fraction of sp³-hybridized carbons (Fsp3) is 0.909. The van der Waals surface area contributed by atoms with Gasteiger partial charge in [-0.1, -0.05) is 0 Å². The van der Waals surface area contributed by atoms with Gasteiger partial charge in [0.1, 0.15) is 0 Å². The Labute approximate surface area is 108 Å². The topological polar surface area (TPSA) is 32.3 Å². The molecule has 2 aliphatic heterocycles. The summed E-state index contributed by atoms with van der Waals surface area (Å²) >= 11 is 1.83. The Hall–Kier alpha value is 0.0700. The molecule has 3 unspecified atom stereocenters. The standard InChI is InChI=1S/C11H20N2OS.ClH/c1-8-6-13(7-9(2)12-8)11(14)10-4-3-5-15-10;/h8-10,12H,3-7H2,1-2H3;1H. The number of hydrogen-bond donors (Lipinski definition) is 1. The maximum absolute atomic E-state index is 12.2. The zero-order valence-electron chi connectivity index (χ0n) is 9.94. The van der Waals surface area contributed by atoms with E-state index in [0.29, 0.717) is 18.0 Å². The lowest BCUT2D eigenvalue weighted by Gasteiger charge is -2.37. The third-order valence-electron chi connectivity index (χ3n) is 3.07. The molecule has 0 spiro atoms. The number of amides is 1. The van der Waals surface area contributed by atoms with Crippen molar-refractivity contribution in [1.29, 1.82) is 0 Å². The molecule has 1 amide bonds. The predicted octanol–water partition coefficient (Wildman–Crippen LogP) is 1.51. The van der Waals surface area contributed by atoms with Crippen LogP contribution in [0.2, 0.25) is 0 Å². The molecule has 16 heavy (non-hydrogen) atoms. The van der Waals surface area contributed by atoms with Crippen molar-refractivity contribution in [3.8, 4) is 0 Å². The number of carbonyl (C=O) groups excluding carboxylic acids is 1. The second-order valence-corrected chi connectivity index (χ2v) is 6.02. The van der Waals surface area contributed by atoms with Crippen molar-refractivity contribution < 1.29 is 4.79 Å². The summed E-state index contributed by atoms with van der Waals surface area (Å²) in [5.41, 5.74) is 0. The van der Waals surface area contributed by atoms with Crippen molar-refractivity contribution in [2.24, 2.45) is 0 Å². The van der Waals surface area contributed by atoms with E-state index in [2.05, 4.69) is 24.1 Å². The van der Waals surface area contributed by atoms with E-state index in [-0.39, 0.29) is 17.7 Å². The zero-order valence-corrected chi connectivity index (χ0v) is 11.6. The van der Waals surface area contributed by atoms with Gasteiger partial charge in [-0.25, -0.2) is 0 Å². The summed E-state index contributed by atoms with van der Waals surface area (Å²) in [6, 6.07) is 0.869. The lowest BCUT2D eigenvalue weighted by atomic mass is 10.1. The Bertz CT molecular complexity index is 236. The summed E-state index contributed by atoms with van der Waals surface area (Å²) in [6.45, 7) is 6.05. The second-order valence-electron chi connectivity index (χ2n) is 4.71. The molecule has 0 aliphatic carbocycles. The van der Waals surface area contributed by atoms with Crippen molar-refractivity contribution in [1.82, 2.24) is 10.2 Å². The van der Waals surface area contributed by atoms with Gasteiger partial charge in [-0.05, 0) is 32.4 Å². The number of thioether (sulfide) groups is 1. The number of nitrogens with one attached hydrogen (secondary N) is 1. The van der Waals surface area contributed by atoms with Crippen LogP contribution in [0.15, 0.2) is 0 Å². The van der Waals surface area contributed by atoms with E-state index in [1.54, 1.807) is 0 Å². The van der Waals surface area contributed by atoms with Gasteiger partial charge in [0.15, 0.2) is 0 Å². The molecule has 3 nitrogen and oxygen atoms in total. The predicted molar refractivity (Wildman–Crippen MR) is 71.4 cm³/mol. The lowest BCUT2D eigenvalue weighted by molar-refractivity contribution is -0.132. The number of halogens is 1. The van der Waals surface area contributed by atoms with Gasteiger partial charge in [0.2, 0.25) is 5.91 Å². The van der Waals surface area contributed by atoms with E-state index in [4.69, 9.17) is 0 Å². The SMILES string of the molecule is CC1CN(C(=O)C2CCCS2)CC(C)N1.Cl. The summed E-state index contributed by atoms with van der Waals surface area (Å²) in [6.07, 6.45) is 2.29. The smallest absolute Gasteiger partial charge is 0.235 e. The van der Waals surface area contributed by atoms with Crippen LogP contribution in [0.3, 0.4) is 0 Å². The van der Waals surface area contributed by atoms with E-state index in [0.717, 1.165) is 25.3 Å². The van der Waals surface area contributed by atoms with Crippen LogP contribution in [0.5, 0.6) is 0 Å². The van der Waals surface area contributed by atoms with E-state index >= 15 is 0 Å². The normalized spacial score (nSPS) is 34.6. The molecular weight excluding hydrogens is 244 g/mol. The minimum atomic E-state index is 0. The molecule has 0 radical (unpaired) electrons. The fourth-order valence-corrected chi connectivity index (χ4v) is 3.73. The maximum Gasteiger partial charge on any atom is 0.235 e. The van der Waals surface area contributed by atoms with Crippen LogP contribution in [0.1, 0.15) is 26.7 Å². The molecule has 2 rings (SSSR count). The molecule has 0 aromatic carbocycles. The largest absolute Gasteiger partial charge is 0.339 e. The summed E-state index contributed by atoms with van der Waals surface area (Å²) in [4.78, 5) is 14.2. The van der Waals surface area contributed by atoms with E-state index in [9.17, 15) is 4.79 Å².